The Hall–Kier alpha value is -1.10. The van der Waals surface area contributed by atoms with Crippen molar-refractivity contribution in [1.82, 2.24) is 15.5 Å². The number of nitrogens with zero attached hydrogens (tertiary/aromatic N) is 1. The van der Waals surface area contributed by atoms with Crippen LogP contribution in [0.1, 0.15) is 46.5 Å². The molecule has 0 radical (unpaired) electrons. The normalized spacial score (nSPS) is 22.9. The zero-order valence-electron chi connectivity index (χ0n) is 13.2. The van der Waals surface area contributed by atoms with E-state index in [9.17, 15) is 9.59 Å². The summed E-state index contributed by atoms with van der Waals surface area (Å²) < 4.78 is 0. The third-order valence-electron chi connectivity index (χ3n) is 3.93. The lowest BCUT2D eigenvalue weighted by Crippen LogP contribution is -2.47. The number of urea groups is 1. The Kier molecular flexibility index (Phi) is 6.99. The summed E-state index contributed by atoms with van der Waals surface area (Å²) in [6, 6.07) is 0.0741. The summed E-state index contributed by atoms with van der Waals surface area (Å²) in [5.41, 5.74) is 0. The molecule has 0 heterocycles. The number of rotatable bonds is 5. The maximum Gasteiger partial charge on any atom is 0.321 e. The molecule has 20 heavy (non-hydrogen) atoms. The first-order valence-electron chi connectivity index (χ1n) is 7.66. The van der Waals surface area contributed by atoms with Crippen molar-refractivity contribution < 1.29 is 9.59 Å². The van der Waals surface area contributed by atoms with E-state index in [1.165, 1.54) is 12.8 Å². The van der Waals surface area contributed by atoms with E-state index in [4.69, 9.17) is 0 Å². The monoisotopic (exact) mass is 283 g/mol. The molecule has 5 heteroatoms. The van der Waals surface area contributed by atoms with Crippen LogP contribution in [0, 0.1) is 11.8 Å². The van der Waals surface area contributed by atoms with Gasteiger partial charge in [0.15, 0.2) is 0 Å². The first kappa shape index (κ1) is 17.0. The van der Waals surface area contributed by atoms with E-state index in [1.54, 1.807) is 0 Å². The van der Waals surface area contributed by atoms with Crippen LogP contribution in [0.4, 0.5) is 4.79 Å². The van der Waals surface area contributed by atoms with Crippen LogP contribution >= 0.6 is 0 Å². The summed E-state index contributed by atoms with van der Waals surface area (Å²) in [7, 11) is 1.96. The van der Waals surface area contributed by atoms with E-state index in [2.05, 4.69) is 22.5 Å². The number of imide groups is 1. The van der Waals surface area contributed by atoms with E-state index in [0.29, 0.717) is 18.5 Å². The molecule has 0 atom stereocenters. The quantitative estimate of drug-likeness (QED) is 0.811. The summed E-state index contributed by atoms with van der Waals surface area (Å²) in [6.45, 7) is 7.17. The maximum atomic E-state index is 11.8. The van der Waals surface area contributed by atoms with Crippen LogP contribution in [0.5, 0.6) is 0 Å². The first-order chi connectivity index (χ1) is 9.38. The average molecular weight is 283 g/mol. The Balaban J connectivity index is 2.25. The topological polar surface area (TPSA) is 61.4 Å². The van der Waals surface area contributed by atoms with E-state index in [0.717, 1.165) is 18.8 Å². The van der Waals surface area contributed by atoms with Gasteiger partial charge in [-0.05, 0) is 44.6 Å². The van der Waals surface area contributed by atoms with Gasteiger partial charge in [-0.15, -0.1) is 0 Å². The summed E-state index contributed by atoms with van der Waals surface area (Å²) >= 11 is 0. The molecule has 0 saturated heterocycles. The molecule has 0 unspecified atom stereocenters. The zero-order valence-corrected chi connectivity index (χ0v) is 13.2. The Morgan fingerprint density at radius 3 is 2.35 bits per heavy atom. The Morgan fingerprint density at radius 2 is 1.80 bits per heavy atom. The van der Waals surface area contributed by atoms with Crippen molar-refractivity contribution >= 4 is 11.9 Å². The van der Waals surface area contributed by atoms with Crippen molar-refractivity contribution in [3.8, 4) is 0 Å². The van der Waals surface area contributed by atoms with E-state index in [1.807, 2.05) is 20.9 Å². The average Bonchev–Trinajstić information content (AvgIpc) is 2.36. The van der Waals surface area contributed by atoms with Gasteiger partial charge in [0.25, 0.3) is 0 Å². The highest BCUT2D eigenvalue weighted by molar-refractivity contribution is 5.95. The molecule has 0 aromatic carbocycles. The lowest BCUT2D eigenvalue weighted by molar-refractivity contribution is -0.121. The molecule has 1 fully saturated rings. The molecule has 1 saturated carbocycles. The van der Waals surface area contributed by atoms with Crippen LogP contribution in [0.25, 0.3) is 0 Å². The molecular formula is C15H29N3O2. The fraction of sp³-hybridized carbons (Fsp3) is 0.867. The van der Waals surface area contributed by atoms with Gasteiger partial charge < -0.3 is 5.32 Å². The molecule has 0 aromatic heterocycles. The maximum absolute atomic E-state index is 11.8. The van der Waals surface area contributed by atoms with Gasteiger partial charge in [0.05, 0.1) is 6.54 Å². The number of carbonyl (C=O) groups is 2. The molecule has 1 aliphatic carbocycles. The summed E-state index contributed by atoms with van der Waals surface area (Å²) in [5, 5.41) is 5.07. The van der Waals surface area contributed by atoms with E-state index >= 15 is 0 Å². The predicted molar refractivity (Wildman–Crippen MR) is 80.4 cm³/mol. The summed E-state index contributed by atoms with van der Waals surface area (Å²) in [4.78, 5) is 25.4. The van der Waals surface area contributed by atoms with Crippen LogP contribution < -0.4 is 10.6 Å². The molecule has 116 valence electrons. The fourth-order valence-electron chi connectivity index (χ4n) is 2.55. The predicted octanol–water partition coefficient (Wildman–Crippen LogP) is 1.98. The van der Waals surface area contributed by atoms with Gasteiger partial charge in [-0.2, -0.15) is 0 Å². The lowest BCUT2D eigenvalue weighted by atomic mass is 9.87. The largest absolute Gasteiger partial charge is 0.338 e. The van der Waals surface area contributed by atoms with Crippen molar-refractivity contribution in [2.24, 2.45) is 11.8 Å². The van der Waals surface area contributed by atoms with Crippen molar-refractivity contribution in [2.75, 3.05) is 20.1 Å². The highest BCUT2D eigenvalue weighted by atomic mass is 16.2. The molecule has 0 aromatic rings. The summed E-state index contributed by atoms with van der Waals surface area (Å²) in [5.74, 6) is 0.949. The molecule has 1 aliphatic rings. The van der Waals surface area contributed by atoms with Crippen LogP contribution in [0.3, 0.4) is 0 Å². The smallest absolute Gasteiger partial charge is 0.321 e. The van der Waals surface area contributed by atoms with Crippen LogP contribution in [0.2, 0.25) is 0 Å². The Bertz CT molecular complexity index is 323. The van der Waals surface area contributed by atoms with E-state index < -0.39 is 6.03 Å². The lowest BCUT2D eigenvalue weighted by Gasteiger charge is -2.33. The second kappa shape index (κ2) is 8.25. The van der Waals surface area contributed by atoms with Crippen LogP contribution in [0.15, 0.2) is 0 Å². The molecule has 0 aliphatic heterocycles. The van der Waals surface area contributed by atoms with Crippen molar-refractivity contribution in [2.45, 2.75) is 52.5 Å². The minimum atomic E-state index is -0.394. The van der Waals surface area contributed by atoms with Gasteiger partial charge >= 0.3 is 6.03 Å². The van der Waals surface area contributed by atoms with Gasteiger partial charge in [-0.3, -0.25) is 15.0 Å². The van der Waals surface area contributed by atoms with Gasteiger partial charge in [0, 0.05) is 12.6 Å². The number of amides is 3. The molecule has 1 rings (SSSR count). The first-order valence-corrected chi connectivity index (χ1v) is 7.66. The number of carbonyl (C=O) groups excluding carboxylic acids is 2. The molecule has 2 N–H and O–H groups in total. The number of likely N-dealkylation sites (N-methyl/N-ethyl adjacent to an activating group) is 1. The van der Waals surface area contributed by atoms with Crippen LogP contribution in [-0.4, -0.2) is 43.0 Å². The standard InChI is InChI=1S/C15H29N3O2/c1-11(2)9-16-15(20)17-14(19)10-18(4)13-7-5-12(3)6-8-13/h11-13H,5-10H2,1-4H3,(H2,16,17,19,20). The van der Waals surface area contributed by atoms with Crippen molar-refractivity contribution in [1.29, 1.82) is 0 Å². The van der Waals surface area contributed by atoms with Gasteiger partial charge in [-0.1, -0.05) is 20.8 Å². The Labute approximate surface area is 122 Å². The minimum Gasteiger partial charge on any atom is -0.338 e. The van der Waals surface area contributed by atoms with Crippen molar-refractivity contribution in [3.63, 3.8) is 0 Å². The number of hydrogen-bond acceptors (Lipinski definition) is 3. The highest BCUT2D eigenvalue weighted by Gasteiger charge is 2.23. The minimum absolute atomic E-state index is 0.229. The van der Waals surface area contributed by atoms with Gasteiger partial charge in [0.1, 0.15) is 0 Å². The third kappa shape index (κ3) is 6.37. The SMILES string of the molecule is CC(C)CNC(=O)NC(=O)CN(C)C1CCC(C)CC1. The van der Waals surface area contributed by atoms with Crippen molar-refractivity contribution in [3.05, 3.63) is 0 Å². The second-order valence-corrected chi connectivity index (χ2v) is 6.48. The molecule has 0 spiro atoms. The fourth-order valence-corrected chi connectivity index (χ4v) is 2.55. The molecule has 3 amide bonds. The third-order valence-corrected chi connectivity index (χ3v) is 3.93. The molecular weight excluding hydrogens is 254 g/mol. The summed E-state index contributed by atoms with van der Waals surface area (Å²) in [6.07, 6.45) is 4.74. The number of hydrogen-bond donors (Lipinski definition) is 2. The van der Waals surface area contributed by atoms with Crippen LogP contribution in [-0.2, 0) is 4.79 Å². The highest BCUT2D eigenvalue weighted by Crippen LogP contribution is 2.26. The van der Waals surface area contributed by atoms with Gasteiger partial charge in [0.2, 0.25) is 5.91 Å². The molecule has 5 nitrogen and oxygen atoms in total. The zero-order chi connectivity index (χ0) is 15.1. The second-order valence-electron chi connectivity index (χ2n) is 6.48. The Morgan fingerprint density at radius 1 is 1.20 bits per heavy atom. The van der Waals surface area contributed by atoms with Gasteiger partial charge in [-0.25, -0.2) is 4.79 Å². The number of nitrogens with one attached hydrogen (secondary N) is 2. The molecule has 0 bridgehead atoms. The van der Waals surface area contributed by atoms with E-state index in [-0.39, 0.29) is 12.5 Å².